The van der Waals surface area contributed by atoms with Gasteiger partial charge in [0.1, 0.15) is 0 Å². The summed E-state index contributed by atoms with van der Waals surface area (Å²) in [5, 5.41) is 8.94. The van der Waals surface area contributed by atoms with Crippen molar-refractivity contribution in [3.63, 3.8) is 0 Å². The number of carbonyl (C=O) groups is 1. The summed E-state index contributed by atoms with van der Waals surface area (Å²) in [6.07, 6.45) is 2.12. The Morgan fingerprint density at radius 3 is 2.53 bits per heavy atom. The predicted octanol–water partition coefficient (Wildman–Crippen LogP) is 3.82. The van der Waals surface area contributed by atoms with Gasteiger partial charge in [-0.3, -0.25) is 0 Å². The fraction of sp³-hybridized carbons (Fsp3) is 0.400. The zero-order valence-electron chi connectivity index (χ0n) is 10.9. The Morgan fingerprint density at radius 2 is 2.00 bits per heavy atom. The molecule has 1 rings (SSSR count). The highest BCUT2D eigenvalue weighted by atomic mass is 16.4. The molecule has 0 saturated heterocycles. The van der Waals surface area contributed by atoms with Gasteiger partial charge >= 0.3 is 5.97 Å². The number of aliphatic carboxylic acids is 1. The van der Waals surface area contributed by atoms with Crippen LogP contribution in [0, 0.1) is 19.8 Å². The smallest absolute Gasteiger partial charge is 0.328 e. The van der Waals surface area contributed by atoms with Crippen molar-refractivity contribution in [3.8, 4) is 0 Å². The summed E-state index contributed by atoms with van der Waals surface area (Å²) in [6.45, 7) is 8.29. The topological polar surface area (TPSA) is 37.3 Å². The van der Waals surface area contributed by atoms with Crippen LogP contribution in [0.2, 0.25) is 0 Å². The van der Waals surface area contributed by atoms with Crippen LogP contribution < -0.4 is 0 Å². The molecule has 0 spiro atoms. The van der Waals surface area contributed by atoms with Crippen LogP contribution in [0.25, 0.3) is 5.57 Å². The molecule has 1 aromatic carbocycles. The number of carboxylic acids is 1. The number of hydrogen-bond donors (Lipinski definition) is 1. The van der Waals surface area contributed by atoms with E-state index in [9.17, 15) is 4.79 Å². The van der Waals surface area contributed by atoms with E-state index >= 15 is 0 Å². The summed E-state index contributed by atoms with van der Waals surface area (Å²) >= 11 is 0. The maximum Gasteiger partial charge on any atom is 0.328 e. The van der Waals surface area contributed by atoms with E-state index in [1.807, 2.05) is 32.0 Å². The van der Waals surface area contributed by atoms with Crippen LogP contribution in [0.1, 0.15) is 37.0 Å². The van der Waals surface area contributed by atoms with E-state index in [1.165, 1.54) is 17.2 Å². The Balaban J connectivity index is 3.22. The van der Waals surface area contributed by atoms with Crippen molar-refractivity contribution < 1.29 is 9.90 Å². The molecule has 0 unspecified atom stereocenters. The van der Waals surface area contributed by atoms with Gasteiger partial charge in [-0.1, -0.05) is 32.0 Å². The number of aryl methyl sites for hydroxylation is 1. The first kappa shape index (κ1) is 13.5. The summed E-state index contributed by atoms with van der Waals surface area (Å²) in [6, 6.07) is 6.03. The van der Waals surface area contributed by atoms with Crippen LogP contribution in [0.15, 0.2) is 24.3 Å². The third kappa shape index (κ3) is 3.74. The molecule has 0 fully saturated rings. The summed E-state index contributed by atoms with van der Waals surface area (Å²) in [5.74, 6) is -0.429. The molecule has 92 valence electrons. The van der Waals surface area contributed by atoms with E-state index in [4.69, 9.17) is 5.11 Å². The highest BCUT2D eigenvalue weighted by molar-refractivity contribution is 5.90. The van der Waals surface area contributed by atoms with Gasteiger partial charge in [0.25, 0.3) is 0 Å². The molecule has 0 aliphatic heterocycles. The highest BCUT2D eigenvalue weighted by Crippen LogP contribution is 2.26. The lowest BCUT2D eigenvalue weighted by Crippen LogP contribution is -1.99. The van der Waals surface area contributed by atoms with E-state index in [1.54, 1.807) is 0 Å². The minimum atomic E-state index is -0.874. The second-order valence-corrected chi connectivity index (χ2v) is 4.85. The number of hydrogen-bond acceptors (Lipinski definition) is 1. The Hall–Kier alpha value is -1.57. The molecule has 17 heavy (non-hydrogen) atoms. The number of rotatable bonds is 4. The van der Waals surface area contributed by atoms with Gasteiger partial charge in [0, 0.05) is 6.08 Å². The van der Waals surface area contributed by atoms with Crippen molar-refractivity contribution in [2.24, 2.45) is 5.92 Å². The van der Waals surface area contributed by atoms with Crippen LogP contribution in [0.3, 0.4) is 0 Å². The SMILES string of the molecule is Cc1cccc(/C(=C/C(=O)O)CC(C)C)c1C. The molecule has 1 N–H and O–H groups in total. The van der Waals surface area contributed by atoms with Crippen LogP contribution in [-0.4, -0.2) is 11.1 Å². The second-order valence-electron chi connectivity index (χ2n) is 4.85. The van der Waals surface area contributed by atoms with Crippen LogP contribution in [0.4, 0.5) is 0 Å². The lowest BCUT2D eigenvalue weighted by molar-refractivity contribution is -0.131. The normalized spacial score (nSPS) is 11.9. The van der Waals surface area contributed by atoms with E-state index in [0.29, 0.717) is 5.92 Å². The van der Waals surface area contributed by atoms with Crippen molar-refractivity contribution in [2.45, 2.75) is 34.1 Å². The number of carboxylic acid groups (broad SMARTS) is 1. The molecular formula is C15H20O2. The number of benzene rings is 1. The molecule has 0 amide bonds. The Labute approximate surface area is 103 Å². The minimum absolute atomic E-state index is 0.445. The van der Waals surface area contributed by atoms with Gasteiger partial charge in [-0.05, 0) is 48.4 Å². The Morgan fingerprint density at radius 1 is 1.35 bits per heavy atom. The van der Waals surface area contributed by atoms with Crippen LogP contribution in [-0.2, 0) is 4.79 Å². The summed E-state index contributed by atoms with van der Waals surface area (Å²) < 4.78 is 0. The van der Waals surface area contributed by atoms with Crippen molar-refractivity contribution in [1.29, 1.82) is 0 Å². The van der Waals surface area contributed by atoms with Crippen molar-refractivity contribution >= 4 is 11.5 Å². The fourth-order valence-electron chi connectivity index (χ4n) is 1.93. The third-order valence-corrected chi connectivity index (χ3v) is 2.88. The zero-order chi connectivity index (χ0) is 13.0. The first-order valence-electron chi connectivity index (χ1n) is 5.92. The monoisotopic (exact) mass is 232 g/mol. The molecule has 0 bridgehead atoms. The van der Waals surface area contributed by atoms with Crippen molar-refractivity contribution in [3.05, 3.63) is 41.0 Å². The molecule has 2 nitrogen and oxygen atoms in total. The average Bonchev–Trinajstić information content (AvgIpc) is 2.19. The van der Waals surface area contributed by atoms with Gasteiger partial charge in [-0.15, -0.1) is 0 Å². The van der Waals surface area contributed by atoms with Gasteiger partial charge < -0.3 is 5.11 Å². The van der Waals surface area contributed by atoms with Gasteiger partial charge in [0.05, 0.1) is 0 Å². The van der Waals surface area contributed by atoms with Crippen molar-refractivity contribution in [1.82, 2.24) is 0 Å². The molecule has 0 saturated carbocycles. The molecule has 1 aromatic rings. The largest absolute Gasteiger partial charge is 0.478 e. The van der Waals surface area contributed by atoms with E-state index in [2.05, 4.69) is 13.8 Å². The molecule has 0 aromatic heterocycles. The van der Waals surface area contributed by atoms with Crippen molar-refractivity contribution in [2.75, 3.05) is 0 Å². The summed E-state index contributed by atoms with van der Waals surface area (Å²) in [5.41, 5.74) is 4.33. The van der Waals surface area contributed by atoms with Gasteiger partial charge in [0.15, 0.2) is 0 Å². The average molecular weight is 232 g/mol. The Kier molecular flexibility index (Phi) is 4.50. The lowest BCUT2D eigenvalue weighted by atomic mass is 9.91. The first-order chi connectivity index (χ1) is 7.91. The maximum atomic E-state index is 10.9. The quantitative estimate of drug-likeness (QED) is 0.801. The summed E-state index contributed by atoms with van der Waals surface area (Å²) in [7, 11) is 0. The van der Waals surface area contributed by atoms with E-state index < -0.39 is 5.97 Å². The van der Waals surface area contributed by atoms with Crippen LogP contribution >= 0.6 is 0 Å². The molecule has 0 heterocycles. The highest BCUT2D eigenvalue weighted by Gasteiger charge is 2.10. The Bertz CT molecular complexity index is 442. The fourth-order valence-corrected chi connectivity index (χ4v) is 1.93. The first-order valence-corrected chi connectivity index (χ1v) is 5.92. The standard InChI is InChI=1S/C15H20O2/c1-10(2)8-13(9-15(16)17)14-7-5-6-11(3)12(14)4/h5-7,9-10H,8H2,1-4H3,(H,16,17)/b13-9+. The summed E-state index contributed by atoms with van der Waals surface area (Å²) in [4.78, 5) is 10.9. The van der Waals surface area contributed by atoms with Crippen LogP contribution in [0.5, 0.6) is 0 Å². The van der Waals surface area contributed by atoms with E-state index in [-0.39, 0.29) is 0 Å². The molecule has 0 radical (unpaired) electrons. The molecule has 2 heteroatoms. The van der Waals surface area contributed by atoms with Gasteiger partial charge in [0.2, 0.25) is 0 Å². The second kappa shape index (κ2) is 5.67. The lowest BCUT2D eigenvalue weighted by Gasteiger charge is -2.14. The zero-order valence-corrected chi connectivity index (χ0v) is 10.9. The minimum Gasteiger partial charge on any atom is -0.478 e. The number of allylic oxidation sites excluding steroid dienone is 1. The van der Waals surface area contributed by atoms with Gasteiger partial charge in [-0.25, -0.2) is 4.79 Å². The molecule has 0 aliphatic carbocycles. The third-order valence-electron chi connectivity index (χ3n) is 2.88. The predicted molar refractivity (Wildman–Crippen MR) is 71.0 cm³/mol. The molecule has 0 atom stereocenters. The van der Waals surface area contributed by atoms with E-state index in [0.717, 1.165) is 17.6 Å². The maximum absolute atomic E-state index is 10.9. The molecular weight excluding hydrogens is 212 g/mol. The molecule has 0 aliphatic rings. The van der Waals surface area contributed by atoms with Gasteiger partial charge in [-0.2, -0.15) is 0 Å².